The molecule has 1 heterocycles. The molecule has 0 atom stereocenters. The fourth-order valence-electron chi connectivity index (χ4n) is 2.35. The second-order valence-electron chi connectivity index (χ2n) is 5.75. The molecule has 24 heavy (non-hydrogen) atoms. The number of amides is 1. The van der Waals surface area contributed by atoms with Crippen molar-refractivity contribution in [2.75, 3.05) is 20.6 Å². The maximum absolute atomic E-state index is 11.9. The van der Waals surface area contributed by atoms with Gasteiger partial charge in [-0.1, -0.05) is 30.4 Å². The molecule has 0 spiro atoms. The van der Waals surface area contributed by atoms with Gasteiger partial charge in [0.1, 0.15) is 0 Å². The molecule has 2 aromatic rings. The summed E-state index contributed by atoms with van der Waals surface area (Å²) in [6.07, 6.45) is 0. The summed E-state index contributed by atoms with van der Waals surface area (Å²) in [7, 11) is 3.46. The normalized spacial score (nSPS) is 10.8. The average molecular weight is 347 g/mol. The zero-order valence-corrected chi connectivity index (χ0v) is 14.9. The van der Waals surface area contributed by atoms with E-state index in [0.717, 1.165) is 35.6 Å². The third-order valence-corrected chi connectivity index (χ3v) is 4.62. The topological polar surface area (TPSA) is 66.7 Å². The summed E-state index contributed by atoms with van der Waals surface area (Å²) in [4.78, 5) is 26.1. The number of carbonyl (C=O) groups is 1. The number of nitro groups is 1. The van der Waals surface area contributed by atoms with Crippen molar-refractivity contribution >= 4 is 22.2 Å². The number of benzene rings is 1. The second-order valence-corrected chi connectivity index (χ2v) is 6.64. The van der Waals surface area contributed by atoms with Crippen LogP contribution in [0.25, 0.3) is 0 Å². The van der Waals surface area contributed by atoms with Crippen LogP contribution in [0.5, 0.6) is 0 Å². The summed E-state index contributed by atoms with van der Waals surface area (Å²) < 4.78 is 0. The molecule has 0 N–H and O–H groups in total. The van der Waals surface area contributed by atoms with Crippen LogP contribution in [-0.2, 0) is 13.1 Å². The molecule has 6 nitrogen and oxygen atoms in total. The number of nitrogens with zero attached hydrogens (tertiary/aromatic N) is 3. The van der Waals surface area contributed by atoms with E-state index < -0.39 is 0 Å². The van der Waals surface area contributed by atoms with Gasteiger partial charge in [0.25, 0.3) is 5.91 Å². The maximum Gasteiger partial charge on any atom is 0.324 e. The molecule has 0 fully saturated rings. The van der Waals surface area contributed by atoms with Crippen LogP contribution in [0.2, 0.25) is 0 Å². The molecule has 2 rings (SSSR count). The molecular weight excluding hydrogens is 326 g/mol. The van der Waals surface area contributed by atoms with E-state index in [1.165, 1.54) is 0 Å². The summed E-state index contributed by atoms with van der Waals surface area (Å²) in [5.41, 5.74) is 2.73. The van der Waals surface area contributed by atoms with Crippen molar-refractivity contribution in [3.8, 4) is 0 Å². The molecule has 1 amide bonds. The van der Waals surface area contributed by atoms with Crippen molar-refractivity contribution in [3.05, 3.63) is 62.5 Å². The van der Waals surface area contributed by atoms with E-state index in [2.05, 4.69) is 11.8 Å². The third-order valence-electron chi connectivity index (χ3n) is 3.69. The van der Waals surface area contributed by atoms with Gasteiger partial charge in [-0.3, -0.25) is 19.8 Å². The van der Waals surface area contributed by atoms with Crippen LogP contribution in [0.1, 0.15) is 28.4 Å². The lowest BCUT2D eigenvalue weighted by Gasteiger charge is -2.20. The maximum atomic E-state index is 11.9. The lowest BCUT2D eigenvalue weighted by atomic mass is 10.1. The van der Waals surface area contributed by atoms with Crippen molar-refractivity contribution in [3.63, 3.8) is 0 Å². The van der Waals surface area contributed by atoms with Gasteiger partial charge in [0.15, 0.2) is 0 Å². The molecule has 0 saturated carbocycles. The first-order chi connectivity index (χ1) is 11.4. The van der Waals surface area contributed by atoms with Crippen molar-refractivity contribution in [1.29, 1.82) is 0 Å². The first kappa shape index (κ1) is 18.1. The Bertz CT molecular complexity index is 710. The fraction of sp³-hybridized carbons (Fsp3) is 0.353. The number of rotatable bonds is 7. The Morgan fingerprint density at radius 3 is 2.29 bits per heavy atom. The molecule has 7 heteroatoms. The van der Waals surface area contributed by atoms with E-state index >= 15 is 0 Å². The summed E-state index contributed by atoms with van der Waals surface area (Å²) in [5, 5.41) is 12.8. The number of thiophene rings is 1. The SMILES string of the molecule is CCN(Cc1ccc(C(=O)N(C)C)cc1)Cc1csc([N+](=O)[O-])c1. The highest BCUT2D eigenvalue weighted by Crippen LogP contribution is 2.24. The van der Waals surface area contributed by atoms with Crippen molar-refractivity contribution in [2.45, 2.75) is 20.0 Å². The molecule has 0 unspecified atom stereocenters. The predicted molar refractivity (Wildman–Crippen MR) is 95.2 cm³/mol. The Morgan fingerprint density at radius 2 is 1.79 bits per heavy atom. The number of carbonyl (C=O) groups excluding carboxylic acids is 1. The Morgan fingerprint density at radius 1 is 1.17 bits per heavy atom. The van der Waals surface area contributed by atoms with Crippen LogP contribution in [-0.4, -0.2) is 41.3 Å². The Balaban J connectivity index is 2.01. The highest BCUT2D eigenvalue weighted by Gasteiger charge is 2.13. The first-order valence-electron chi connectivity index (χ1n) is 7.65. The average Bonchev–Trinajstić information content (AvgIpc) is 3.03. The molecule has 0 bridgehead atoms. The smallest absolute Gasteiger partial charge is 0.324 e. The van der Waals surface area contributed by atoms with Crippen LogP contribution in [0.3, 0.4) is 0 Å². The summed E-state index contributed by atoms with van der Waals surface area (Å²) in [6.45, 7) is 4.29. The van der Waals surface area contributed by atoms with E-state index in [4.69, 9.17) is 0 Å². The van der Waals surface area contributed by atoms with Crippen LogP contribution in [0.4, 0.5) is 5.00 Å². The molecule has 0 radical (unpaired) electrons. The lowest BCUT2D eigenvalue weighted by Crippen LogP contribution is -2.23. The predicted octanol–water partition coefficient (Wildman–Crippen LogP) is 3.38. The van der Waals surface area contributed by atoms with E-state index in [9.17, 15) is 14.9 Å². The molecule has 1 aromatic carbocycles. The van der Waals surface area contributed by atoms with Crippen LogP contribution >= 0.6 is 11.3 Å². The van der Waals surface area contributed by atoms with Gasteiger partial charge in [-0.25, -0.2) is 0 Å². The molecule has 0 aliphatic carbocycles. The van der Waals surface area contributed by atoms with Gasteiger partial charge < -0.3 is 4.90 Å². The molecule has 0 saturated heterocycles. The highest BCUT2D eigenvalue weighted by molar-refractivity contribution is 7.13. The van der Waals surface area contributed by atoms with Crippen molar-refractivity contribution in [2.24, 2.45) is 0 Å². The van der Waals surface area contributed by atoms with Crippen LogP contribution in [0, 0.1) is 10.1 Å². The fourth-order valence-corrected chi connectivity index (χ4v) is 3.07. The van der Waals surface area contributed by atoms with Crippen molar-refractivity contribution in [1.82, 2.24) is 9.80 Å². The van der Waals surface area contributed by atoms with Crippen LogP contribution < -0.4 is 0 Å². The minimum absolute atomic E-state index is 0.0144. The lowest BCUT2D eigenvalue weighted by molar-refractivity contribution is -0.380. The van der Waals surface area contributed by atoms with Gasteiger partial charge in [-0.05, 0) is 29.8 Å². The van der Waals surface area contributed by atoms with Gasteiger partial charge in [-0.2, -0.15) is 0 Å². The second kappa shape index (κ2) is 8.03. The minimum atomic E-state index is -0.356. The molecule has 128 valence electrons. The van der Waals surface area contributed by atoms with E-state index in [1.807, 2.05) is 29.6 Å². The van der Waals surface area contributed by atoms with Crippen molar-refractivity contribution < 1.29 is 9.72 Å². The van der Waals surface area contributed by atoms with Gasteiger partial charge in [0.05, 0.1) is 4.92 Å². The number of hydrogen-bond acceptors (Lipinski definition) is 5. The largest absolute Gasteiger partial charge is 0.345 e. The highest BCUT2D eigenvalue weighted by atomic mass is 32.1. The van der Waals surface area contributed by atoms with E-state index in [0.29, 0.717) is 12.1 Å². The zero-order chi connectivity index (χ0) is 17.7. The van der Waals surface area contributed by atoms with E-state index in [1.54, 1.807) is 25.1 Å². The summed E-state index contributed by atoms with van der Waals surface area (Å²) in [5.74, 6) is -0.0144. The molecule has 0 aliphatic rings. The third kappa shape index (κ3) is 4.62. The number of hydrogen-bond donors (Lipinski definition) is 0. The Hall–Kier alpha value is -2.25. The van der Waals surface area contributed by atoms with Crippen LogP contribution in [0.15, 0.2) is 35.7 Å². The quantitative estimate of drug-likeness (QED) is 0.569. The monoisotopic (exact) mass is 347 g/mol. The molecule has 1 aromatic heterocycles. The summed E-state index contributed by atoms with van der Waals surface area (Å²) in [6, 6.07) is 9.21. The molecular formula is C17H21N3O3S. The van der Waals surface area contributed by atoms with Gasteiger partial charge in [0, 0.05) is 44.2 Å². The zero-order valence-electron chi connectivity index (χ0n) is 14.1. The first-order valence-corrected chi connectivity index (χ1v) is 8.53. The van der Waals surface area contributed by atoms with E-state index in [-0.39, 0.29) is 15.8 Å². The standard InChI is InChI=1S/C17H21N3O3S/c1-4-19(11-14-9-16(20(22)23)24-12-14)10-13-5-7-15(8-6-13)17(21)18(2)3/h5-9,12H,4,10-11H2,1-3H3. The Kier molecular flexibility index (Phi) is 6.05. The molecule has 0 aliphatic heterocycles. The van der Waals surface area contributed by atoms with Gasteiger partial charge >= 0.3 is 5.00 Å². The summed E-state index contributed by atoms with van der Waals surface area (Å²) >= 11 is 1.16. The van der Waals surface area contributed by atoms with Gasteiger partial charge in [0.2, 0.25) is 0 Å². The minimum Gasteiger partial charge on any atom is -0.345 e. The Labute approximate surface area is 145 Å². The van der Waals surface area contributed by atoms with Gasteiger partial charge in [-0.15, -0.1) is 0 Å².